The molecular formula is C15H24O2. The first-order valence-electron chi connectivity index (χ1n) is 6.85. The van der Waals surface area contributed by atoms with Gasteiger partial charge in [-0.3, -0.25) is 4.79 Å². The fraction of sp³-hybridized carbons (Fsp3) is 0.800. The number of rotatable bonds is 3. The minimum atomic E-state index is -0.00674. The number of carbonyl (C=O) groups excluding carboxylic acids is 1. The molecule has 2 nitrogen and oxygen atoms in total. The molecule has 0 aromatic heterocycles. The lowest BCUT2D eigenvalue weighted by Crippen LogP contribution is -2.33. The highest BCUT2D eigenvalue weighted by Crippen LogP contribution is 2.57. The molecule has 0 aliphatic heterocycles. The second-order valence-electron chi connectivity index (χ2n) is 6.09. The number of ether oxygens (including phenoxy) is 1. The summed E-state index contributed by atoms with van der Waals surface area (Å²) in [6.45, 7) is 8.66. The van der Waals surface area contributed by atoms with E-state index < -0.39 is 0 Å². The van der Waals surface area contributed by atoms with Gasteiger partial charge in [-0.05, 0) is 36.5 Å². The molecule has 2 aliphatic rings. The minimum absolute atomic E-state index is 0.00674. The van der Waals surface area contributed by atoms with E-state index in [1.807, 2.05) is 0 Å². The van der Waals surface area contributed by atoms with Crippen molar-refractivity contribution in [2.45, 2.75) is 46.0 Å². The molecule has 2 aliphatic carbocycles. The van der Waals surface area contributed by atoms with E-state index in [4.69, 9.17) is 4.74 Å². The van der Waals surface area contributed by atoms with Gasteiger partial charge in [0.05, 0.1) is 5.92 Å². The summed E-state index contributed by atoms with van der Waals surface area (Å²) in [5.74, 6) is 1.60. The van der Waals surface area contributed by atoms with Crippen molar-refractivity contribution >= 4 is 5.97 Å². The van der Waals surface area contributed by atoms with Crippen LogP contribution in [-0.2, 0) is 9.53 Å². The average Bonchev–Trinajstić information content (AvgIpc) is 2.66. The third-order valence-electron chi connectivity index (χ3n) is 5.18. The van der Waals surface area contributed by atoms with Crippen molar-refractivity contribution in [1.82, 2.24) is 0 Å². The smallest absolute Gasteiger partial charge is 0.309 e. The molecule has 96 valence electrons. The fourth-order valence-electron chi connectivity index (χ4n) is 3.88. The van der Waals surface area contributed by atoms with Gasteiger partial charge >= 0.3 is 5.97 Å². The second kappa shape index (κ2) is 4.83. The molecule has 17 heavy (non-hydrogen) atoms. The van der Waals surface area contributed by atoms with Crippen LogP contribution in [0.5, 0.6) is 0 Å². The maximum absolute atomic E-state index is 11.9. The van der Waals surface area contributed by atoms with E-state index in [2.05, 4.69) is 20.4 Å². The highest BCUT2D eigenvalue weighted by molar-refractivity contribution is 5.73. The van der Waals surface area contributed by atoms with Gasteiger partial charge in [-0.1, -0.05) is 39.3 Å². The van der Waals surface area contributed by atoms with E-state index in [9.17, 15) is 4.79 Å². The first-order valence-corrected chi connectivity index (χ1v) is 6.85. The van der Waals surface area contributed by atoms with E-state index in [1.165, 1.54) is 19.3 Å². The van der Waals surface area contributed by atoms with Gasteiger partial charge in [0.15, 0.2) is 0 Å². The molecule has 2 rings (SSSR count). The SMILES string of the molecule is C=CCOC(=O)C1C[C@@H]2CCC[C@H](C)[C@@]2(C)C1. The molecule has 1 unspecified atom stereocenters. The van der Waals surface area contributed by atoms with Gasteiger partial charge in [0, 0.05) is 0 Å². The van der Waals surface area contributed by atoms with Crippen LogP contribution in [-0.4, -0.2) is 12.6 Å². The fourth-order valence-corrected chi connectivity index (χ4v) is 3.88. The molecule has 0 amide bonds. The number of hydrogen-bond donors (Lipinski definition) is 0. The van der Waals surface area contributed by atoms with Crippen molar-refractivity contribution in [3.05, 3.63) is 12.7 Å². The largest absolute Gasteiger partial charge is 0.461 e. The van der Waals surface area contributed by atoms with E-state index in [0.29, 0.717) is 12.0 Å². The van der Waals surface area contributed by atoms with Gasteiger partial charge in [-0.2, -0.15) is 0 Å². The van der Waals surface area contributed by atoms with E-state index in [1.54, 1.807) is 6.08 Å². The van der Waals surface area contributed by atoms with Crippen LogP contribution in [0.1, 0.15) is 46.0 Å². The molecule has 0 N–H and O–H groups in total. The summed E-state index contributed by atoms with van der Waals surface area (Å²) in [7, 11) is 0. The van der Waals surface area contributed by atoms with Crippen LogP contribution in [0, 0.1) is 23.2 Å². The third-order valence-corrected chi connectivity index (χ3v) is 5.18. The van der Waals surface area contributed by atoms with Crippen molar-refractivity contribution < 1.29 is 9.53 Å². The minimum Gasteiger partial charge on any atom is -0.461 e. The zero-order valence-electron chi connectivity index (χ0n) is 11.1. The monoisotopic (exact) mass is 236 g/mol. The molecule has 2 heteroatoms. The molecule has 2 fully saturated rings. The molecule has 0 aromatic carbocycles. The van der Waals surface area contributed by atoms with Crippen molar-refractivity contribution in [1.29, 1.82) is 0 Å². The second-order valence-corrected chi connectivity index (χ2v) is 6.09. The maximum atomic E-state index is 11.9. The molecule has 0 aromatic rings. The summed E-state index contributed by atoms with van der Waals surface area (Å²) in [5, 5.41) is 0. The lowest BCUT2D eigenvalue weighted by Gasteiger charge is -2.42. The number of carbonyl (C=O) groups is 1. The summed E-state index contributed by atoms with van der Waals surface area (Å²) in [6, 6.07) is 0. The Morgan fingerprint density at radius 2 is 2.29 bits per heavy atom. The predicted molar refractivity (Wildman–Crippen MR) is 68.5 cm³/mol. The van der Waals surface area contributed by atoms with Gasteiger partial charge in [0.2, 0.25) is 0 Å². The average molecular weight is 236 g/mol. The van der Waals surface area contributed by atoms with Gasteiger partial charge in [0.25, 0.3) is 0 Å². The number of hydrogen-bond acceptors (Lipinski definition) is 2. The van der Waals surface area contributed by atoms with Crippen LogP contribution in [0.25, 0.3) is 0 Å². The van der Waals surface area contributed by atoms with E-state index in [0.717, 1.165) is 24.7 Å². The van der Waals surface area contributed by atoms with Crippen molar-refractivity contribution in [2.75, 3.05) is 6.61 Å². The van der Waals surface area contributed by atoms with Crippen LogP contribution in [0.15, 0.2) is 12.7 Å². The van der Waals surface area contributed by atoms with Gasteiger partial charge in [-0.25, -0.2) is 0 Å². The van der Waals surface area contributed by atoms with Crippen molar-refractivity contribution in [3.63, 3.8) is 0 Å². The third kappa shape index (κ3) is 2.27. The van der Waals surface area contributed by atoms with Crippen LogP contribution < -0.4 is 0 Å². The zero-order valence-corrected chi connectivity index (χ0v) is 11.1. The van der Waals surface area contributed by atoms with Crippen LogP contribution in [0.4, 0.5) is 0 Å². The maximum Gasteiger partial charge on any atom is 0.309 e. The Kier molecular flexibility index (Phi) is 3.60. The number of esters is 1. The van der Waals surface area contributed by atoms with Crippen molar-refractivity contribution in [2.24, 2.45) is 23.2 Å². The summed E-state index contributed by atoms with van der Waals surface area (Å²) in [6.07, 6.45) is 7.65. The van der Waals surface area contributed by atoms with E-state index >= 15 is 0 Å². The summed E-state index contributed by atoms with van der Waals surface area (Å²) in [4.78, 5) is 11.9. The lowest BCUT2D eigenvalue weighted by molar-refractivity contribution is -0.147. The van der Waals surface area contributed by atoms with Crippen molar-refractivity contribution in [3.8, 4) is 0 Å². The van der Waals surface area contributed by atoms with Crippen LogP contribution in [0.2, 0.25) is 0 Å². The molecule has 0 spiro atoms. The molecule has 0 saturated heterocycles. The molecular weight excluding hydrogens is 212 g/mol. The molecule has 2 saturated carbocycles. The Bertz CT molecular complexity index is 310. The lowest BCUT2D eigenvalue weighted by atomic mass is 9.63. The van der Waals surface area contributed by atoms with E-state index in [-0.39, 0.29) is 11.9 Å². The number of fused-ring (bicyclic) bond motifs is 1. The predicted octanol–water partition coefficient (Wildman–Crippen LogP) is 3.57. The summed E-state index contributed by atoms with van der Waals surface area (Å²) in [5.41, 5.74) is 0.371. The highest BCUT2D eigenvalue weighted by Gasteiger charge is 2.50. The standard InChI is InChI=1S/C15H24O2/c1-4-8-17-14(16)12-9-13-7-5-6-11(2)15(13,3)10-12/h4,11-13H,1,5-10H2,2-3H3/t11-,12?,13-,15+/m0/s1. The Labute approximate surface area is 104 Å². The molecule has 0 heterocycles. The summed E-state index contributed by atoms with van der Waals surface area (Å²) >= 11 is 0. The quantitative estimate of drug-likeness (QED) is 0.553. The van der Waals surface area contributed by atoms with Gasteiger partial charge < -0.3 is 4.74 Å². The zero-order chi connectivity index (χ0) is 12.5. The first-order chi connectivity index (χ1) is 8.08. The Hall–Kier alpha value is -0.790. The topological polar surface area (TPSA) is 26.3 Å². The first kappa shape index (κ1) is 12.7. The molecule has 4 atom stereocenters. The molecule has 0 bridgehead atoms. The normalized spacial score (nSPS) is 40.7. The van der Waals surface area contributed by atoms with Gasteiger partial charge in [0.1, 0.15) is 6.61 Å². The van der Waals surface area contributed by atoms with Crippen LogP contribution >= 0.6 is 0 Å². The highest BCUT2D eigenvalue weighted by atomic mass is 16.5. The Morgan fingerprint density at radius 1 is 1.53 bits per heavy atom. The summed E-state index contributed by atoms with van der Waals surface area (Å²) < 4.78 is 5.20. The Balaban J connectivity index is 2.01. The van der Waals surface area contributed by atoms with Gasteiger partial charge in [-0.15, -0.1) is 0 Å². The molecule has 0 radical (unpaired) electrons. The Morgan fingerprint density at radius 3 is 2.94 bits per heavy atom. The van der Waals surface area contributed by atoms with Crippen LogP contribution in [0.3, 0.4) is 0 Å².